The van der Waals surface area contributed by atoms with E-state index in [0.29, 0.717) is 0 Å². The number of hydrazone groups is 1. The minimum Gasteiger partial charge on any atom is -0.341 e. The predicted octanol–water partition coefficient (Wildman–Crippen LogP) is 6.85. The molecular formula is C26H22ClN5OS3. The zero-order valence-electron chi connectivity index (χ0n) is 19.3. The molecule has 0 spiro atoms. The number of nitrogens with zero attached hydrogens (tertiary/aromatic N) is 4. The molecule has 0 atom stereocenters. The number of amides is 1. The summed E-state index contributed by atoms with van der Waals surface area (Å²) in [5, 5.41) is 15.6. The predicted molar refractivity (Wildman–Crippen MR) is 153 cm³/mol. The molecule has 0 aliphatic rings. The first kappa shape index (κ1) is 24.8. The van der Waals surface area contributed by atoms with E-state index in [1.807, 2.05) is 30.3 Å². The van der Waals surface area contributed by atoms with E-state index >= 15 is 0 Å². The number of hydrogen-bond acceptors (Lipinski definition) is 7. The van der Waals surface area contributed by atoms with Gasteiger partial charge in [-0.3, -0.25) is 4.79 Å². The molecular weight excluding hydrogens is 530 g/mol. The third kappa shape index (κ3) is 5.75. The number of carbonyl (C=O) groups excluding carboxylic acids is 1. The van der Waals surface area contributed by atoms with E-state index in [-0.39, 0.29) is 11.7 Å². The van der Waals surface area contributed by atoms with E-state index in [1.165, 1.54) is 50.5 Å². The molecule has 0 saturated carbocycles. The van der Waals surface area contributed by atoms with E-state index in [0.717, 1.165) is 31.6 Å². The number of hydrogen-bond donors (Lipinski definition) is 1. The first-order valence-electron chi connectivity index (χ1n) is 11.3. The maximum Gasteiger partial charge on any atom is 0.250 e. The number of rotatable bonds is 9. The van der Waals surface area contributed by atoms with Crippen molar-refractivity contribution < 1.29 is 4.79 Å². The Morgan fingerprint density at radius 3 is 2.58 bits per heavy atom. The maximum atomic E-state index is 12.3. The van der Waals surface area contributed by atoms with Crippen LogP contribution in [0.2, 0.25) is 5.02 Å². The molecule has 1 N–H and O–H groups in total. The summed E-state index contributed by atoms with van der Waals surface area (Å²) in [6, 6.07) is 22.4. The molecule has 2 heterocycles. The maximum absolute atomic E-state index is 12.3. The van der Waals surface area contributed by atoms with Crippen LogP contribution >= 0.6 is 46.5 Å². The van der Waals surface area contributed by atoms with Gasteiger partial charge < -0.3 is 4.57 Å². The topological polar surface area (TPSA) is 72.2 Å². The first-order chi connectivity index (χ1) is 17.6. The van der Waals surface area contributed by atoms with Crippen molar-refractivity contribution in [3.63, 3.8) is 0 Å². The molecule has 1 amide bonds. The minimum absolute atomic E-state index is 0.189. The van der Waals surface area contributed by atoms with E-state index in [4.69, 9.17) is 11.6 Å². The van der Waals surface area contributed by atoms with Gasteiger partial charge in [0, 0.05) is 39.1 Å². The zero-order chi connectivity index (χ0) is 24.9. The van der Waals surface area contributed by atoms with Crippen molar-refractivity contribution in [3.8, 4) is 0 Å². The van der Waals surface area contributed by atoms with Gasteiger partial charge in [0.15, 0.2) is 8.68 Å². The Hall–Kier alpha value is -2.85. The molecule has 0 bridgehead atoms. The van der Waals surface area contributed by atoms with Crippen LogP contribution in [0.1, 0.15) is 18.1 Å². The van der Waals surface area contributed by atoms with Crippen LogP contribution < -0.4 is 5.43 Å². The fourth-order valence-electron chi connectivity index (χ4n) is 3.87. The van der Waals surface area contributed by atoms with Crippen LogP contribution in [0.5, 0.6) is 0 Å². The van der Waals surface area contributed by atoms with E-state index in [9.17, 15) is 4.79 Å². The minimum atomic E-state index is -0.189. The summed E-state index contributed by atoms with van der Waals surface area (Å²) in [5.41, 5.74) is 7.12. The van der Waals surface area contributed by atoms with Crippen LogP contribution in [0.3, 0.4) is 0 Å². The van der Waals surface area contributed by atoms with Crippen molar-refractivity contribution in [2.45, 2.75) is 27.9 Å². The van der Waals surface area contributed by atoms with Gasteiger partial charge in [-0.1, -0.05) is 82.9 Å². The molecule has 5 rings (SSSR count). The number of nitrogens with one attached hydrogen (secondary N) is 1. The molecule has 3 aromatic carbocycles. The molecule has 0 aliphatic heterocycles. The number of aryl methyl sites for hydroxylation is 1. The summed E-state index contributed by atoms with van der Waals surface area (Å²) < 4.78 is 3.93. The van der Waals surface area contributed by atoms with Gasteiger partial charge in [-0.15, -0.1) is 10.2 Å². The smallest absolute Gasteiger partial charge is 0.250 e. The summed E-state index contributed by atoms with van der Waals surface area (Å²) in [5.74, 6) is 0.818. The number of benzene rings is 3. The van der Waals surface area contributed by atoms with Gasteiger partial charge in [0.25, 0.3) is 5.91 Å². The largest absolute Gasteiger partial charge is 0.341 e. The van der Waals surface area contributed by atoms with Crippen LogP contribution in [0.25, 0.3) is 21.8 Å². The van der Waals surface area contributed by atoms with Gasteiger partial charge in [-0.25, -0.2) is 5.43 Å². The zero-order valence-corrected chi connectivity index (χ0v) is 22.6. The molecule has 10 heteroatoms. The lowest BCUT2D eigenvalue weighted by molar-refractivity contribution is -0.118. The second-order valence-electron chi connectivity index (χ2n) is 7.87. The average molecular weight is 552 g/mol. The van der Waals surface area contributed by atoms with Gasteiger partial charge >= 0.3 is 0 Å². The fraction of sp³-hybridized carbons (Fsp3) is 0.154. The summed E-state index contributed by atoms with van der Waals surface area (Å²) in [7, 11) is 0. The lowest BCUT2D eigenvalue weighted by Gasteiger charge is -2.02. The molecule has 5 aromatic rings. The molecule has 6 nitrogen and oxygen atoms in total. The molecule has 0 radical (unpaired) electrons. The van der Waals surface area contributed by atoms with Crippen LogP contribution in [0.15, 0.2) is 80.5 Å². The molecule has 2 aromatic heterocycles. The average Bonchev–Trinajstić information content (AvgIpc) is 3.49. The summed E-state index contributed by atoms with van der Waals surface area (Å²) in [6.07, 6.45) is 1.68. The highest BCUT2D eigenvalue weighted by Crippen LogP contribution is 2.31. The Kier molecular flexibility index (Phi) is 7.91. The number of carbonyl (C=O) groups is 1. The number of para-hydroxylation sites is 1. The fourth-order valence-corrected chi connectivity index (χ4v) is 6.76. The molecule has 0 saturated heterocycles. The number of thioether (sulfide) groups is 2. The Balaban J connectivity index is 1.14. The van der Waals surface area contributed by atoms with Crippen molar-refractivity contribution in [3.05, 3.63) is 82.9 Å². The SMILES string of the molecule is CCn1c2ccccc2c2cc(C=NNC(=O)CSc3nnc(SCc4ccc(Cl)cc4)s3)ccc21. The van der Waals surface area contributed by atoms with Gasteiger partial charge in [0.1, 0.15) is 0 Å². The second-order valence-corrected chi connectivity index (χ2v) is 11.7. The van der Waals surface area contributed by atoms with Crippen LogP contribution in [0, 0.1) is 0 Å². The van der Waals surface area contributed by atoms with Crippen molar-refractivity contribution in [1.29, 1.82) is 0 Å². The van der Waals surface area contributed by atoms with Crippen LogP contribution in [-0.4, -0.2) is 32.6 Å². The van der Waals surface area contributed by atoms with E-state index in [2.05, 4.69) is 68.6 Å². The van der Waals surface area contributed by atoms with Gasteiger partial charge in [-0.2, -0.15) is 5.10 Å². The quantitative estimate of drug-likeness (QED) is 0.123. The standard InChI is InChI=1S/C26H22ClN5OS3/c1-2-32-22-6-4-3-5-20(22)21-13-18(9-12-23(21)32)14-28-29-24(33)16-35-26-31-30-25(36-26)34-15-17-7-10-19(27)11-8-17/h3-14H,2,15-16H2,1H3,(H,29,33). The number of halogens is 1. The summed E-state index contributed by atoms with van der Waals surface area (Å²) >= 11 is 10.4. The highest BCUT2D eigenvalue weighted by Gasteiger charge is 2.10. The Morgan fingerprint density at radius 2 is 1.78 bits per heavy atom. The lowest BCUT2D eigenvalue weighted by Crippen LogP contribution is -2.19. The Bertz CT molecular complexity index is 1540. The van der Waals surface area contributed by atoms with Crippen molar-refractivity contribution in [2.75, 3.05) is 5.75 Å². The molecule has 0 unspecified atom stereocenters. The molecule has 0 aliphatic carbocycles. The van der Waals surface area contributed by atoms with E-state index < -0.39 is 0 Å². The molecule has 0 fully saturated rings. The summed E-state index contributed by atoms with van der Waals surface area (Å²) in [4.78, 5) is 12.3. The monoisotopic (exact) mass is 551 g/mol. The first-order valence-corrected chi connectivity index (χ1v) is 14.4. The number of aromatic nitrogens is 3. The van der Waals surface area contributed by atoms with Crippen molar-refractivity contribution >= 4 is 80.4 Å². The van der Waals surface area contributed by atoms with Crippen molar-refractivity contribution in [1.82, 2.24) is 20.2 Å². The molecule has 182 valence electrons. The second kappa shape index (κ2) is 11.5. The molecule has 36 heavy (non-hydrogen) atoms. The summed E-state index contributed by atoms with van der Waals surface area (Å²) in [6.45, 7) is 3.06. The van der Waals surface area contributed by atoms with Crippen molar-refractivity contribution in [2.24, 2.45) is 5.10 Å². The highest BCUT2D eigenvalue weighted by atomic mass is 35.5. The number of fused-ring (bicyclic) bond motifs is 3. The normalized spacial score (nSPS) is 11.6. The van der Waals surface area contributed by atoms with Gasteiger partial charge in [0.05, 0.1) is 12.0 Å². The Labute approximate surface area is 226 Å². The van der Waals surface area contributed by atoms with Gasteiger partial charge in [0.2, 0.25) is 0 Å². The Morgan fingerprint density at radius 1 is 1.03 bits per heavy atom. The van der Waals surface area contributed by atoms with Crippen LogP contribution in [-0.2, 0) is 17.1 Å². The lowest BCUT2D eigenvalue weighted by atomic mass is 10.1. The van der Waals surface area contributed by atoms with Gasteiger partial charge in [-0.05, 0) is 48.4 Å². The third-order valence-corrected chi connectivity index (χ3v) is 9.02. The highest BCUT2D eigenvalue weighted by molar-refractivity contribution is 8.03. The van der Waals surface area contributed by atoms with E-state index in [1.54, 1.807) is 18.0 Å². The third-order valence-electron chi connectivity index (χ3n) is 5.51. The van der Waals surface area contributed by atoms with Crippen LogP contribution in [0.4, 0.5) is 0 Å².